The van der Waals surface area contributed by atoms with Crippen molar-refractivity contribution in [2.75, 3.05) is 6.54 Å². The van der Waals surface area contributed by atoms with Crippen LogP contribution in [0.25, 0.3) is 0 Å². The molecule has 1 unspecified atom stereocenters. The van der Waals surface area contributed by atoms with Crippen LogP contribution in [0, 0.1) is 5.92 Å². The van der Waals surface area contributed by atoms with E-state index in [9.17, 15) is 0 Å². The van der Waals surface area contributed by atoms with Crippen molar-refractivity contribution < 1.29 is 0 Å². The molecule has 0 radical (unpaired) electrons. The minimum absolute atomic E-state index is 0. The third-order valence-electron chi connectivity index (χ3n) is 3.08. The molecule has 1 saturated carbocycles. The van der Waals surface area contributed by atoms with Crippen LogP contribution in [0.3, 0.4) is 0 Å². The standard InChI is InChI=1S/C9H17N.ClH/c1-2-4-8(5-3-1)9-6-7-10-9;/h8-10H,1-7H2;1H. The summed E-state index contributed by atoms with van der Waals surface area (Å²) < 4.78 is 0. The maximum atomic E-state index is 3.52. The number of halogens is 1. The zero-order valence-electron chi connectivity index (χ0n) is 7.01. The Morgan fingerprint density at radius 1 is 0.909 bits per heavy atom. The van der Waals surface area contributed by atoms with Crippen molar-refractivity contribution in [3.05, 3.63) is 0 Å². The van der Waals surface area contributed by atoms with Gasteiger partial charge in [-0.15, -0.1) is 12.4 Å². The summed E-state index contributed by atoms with van der Waals surface area (Å²) in [4.78, 5) is 0. The van der Waals surface area contributed by atoms with Gasteiger partial charge < -0.3 is 5.32 Å². The molecule has 1 N–H and O–H groups in total. The molecule has 2 heteroatoms. The van der Waals surface area contributed by atoms with Crippen molar-refractivity contribution in [3.63, 3.8) is 0 Å². The third-order valence-corrected chi connectivity index (χ3v) is 3.08. The molecular formula is C9H18ClN. The molecule has 11 heavy (non-hydrogen) atoms. The molecule has 0 aromatic heterocycles. The normalized spacial score (nSPS) is 32.2. The first kappa shape index (κ1) is 9.34. The lowest BCUT2D eigenvalue weighted by Crippen LogP contribution is -2.48. The summed E-state index contributed by atoms with van der Waals surface area (Å²) in [7, 11) is 0. The van der Waals surface area contributed by atoms with Crippen molar-refractivity contribution in [3.8, 4) is 0 Å². The Bertz CT molecular complexity index is 106. The third kappa shape index (κ3) is 2.09. The van der Waals surface area contributed by atoms with Crippen LogP contribution in [0.5, 0.6) is 0 Å². The van der Waals surface area contributed by atoms with Crippen LogP contribution in [-0.2, 0) is 0 Å². The average molecular weight is 176 g/mol. The summed E-state index contributed by atoms with van der Waals surface area (Å²) in [6, 6.07) is 0.917. The molecule has 0 amide bonds. The van der Waals surface area contributed by atoms with Crippen LogP contribution in [0.4, 0.5) is 0 Å². The SMILES string of the molecule is C1CCC(C2CCN2)CC1.Cl. The van der Waals surface area contributed by atoms with Gasteiger partial charge in [0.15, 0.2) is 0 Å². The van der Waals surface area contributed by atoms with E-state index in [0.717, 1.165) is 12.0 Å². The van der Waals surface area contributed by atoms with Crippen LogP contribution in [0.15, 0.2) is 0 Å². The lowest BCUT2D eigenvalue weighted by Gasteiger charge is -2.37. The van der Waals surface area contributed by atoms with E-state index in [0.29, 0.717) is 0 Å². The molecule has 66 valence electrons. The Labute approximate surface area is 75.4 Å². The van der Waals surface area contributed by atoms with Gasteiger partial charge in [-0.1, -0.05) is 19.3 Å². The van der Waals surface area contributed by atoms with Gasteiger partial charge in [-0.25, -0.2) is 0 Å². The van der Waals surface area contributed by atoms with Gasteiger partial charge in [0.2, 0.25) is 0 Å². The largest absolute Gasteiger partial charge is 0.314 e. The van der Waals surface area contributed by atoms with Crippen molar-refractivity contribution in [1.29, 1.82) is 0 Å². The molecule has 0 aromatic carbocycles. The smallest absolute Gasteiger partial charge is 0.0107 e. The van der Waals surface area contributed by atoms with Crippen LogP contribution < -0.4 is 5.32 Å². The highest BCUT2D eigenvalue weighted by Gasteiger charge is 2.27. The number of rotatable bonds is 1. The monoisotopic (exact) mass is 175 g/mol. The summed E-state index contributed by atoms with van der Waals surface area (Å²) in [6.45, 7) is 1.28. The minimum Gasteiger partial charge on any atom is -0.314 e. The zero-order valence-corrected chi connectivity index (χ0v) is 7.83. The van der Waals surface area contributed by atoms with E-state index in [1.165, 1.54) is 45.1 Å². The van der Waals surface area contributed by atoms with Crippen LogP contribution in [0.2, 0.25) is 0 Å². The first-order valence-electron chi connectivity index (χ1n) is 4.70. The lowest BCUT2D eigenvalue weighted by molar-refractivity contribution is 0.207. The van der Waals surface area contributed by atoms with E-state index in [4.69, 9.17) is 0 Å². The van der Waals surface area contributed by atoms with E-state index >= 15 is 0 Å². The zero-order chi connectivity index (χ0) is 6.81. The second-order valence-corrected chi connectivity index (χ2v) is 3.75. The molecule has 0 bridgehead atoms. The molecule has 1 heterocycles. The van der Waals surface area contributed by atoms with Gasteiger partial charge in [0, 0.05) is 6.04 Å². The summed E-state index contributed by atoms with van der Waals surface area (Å²) >= 11 is 0. The van der Waals surface area contributed by atoms with Crippen molar-refractivity contribution >= 4 is 12.4 Å². The Balaban J connectivity index is 0.000000605. The van der Waals surface area contributed by atoms with Crippen molar-refractivity contribution in [2.45, 2.75) is 44.6 Å². The van der Waals surface area contributed by atoms with Crippen LogP contribution in [-0.4, -0.2) is 12.6 Å². The number of hydrogen-bond acceptors (Lipinski definition) is 1. The van der Waals surface area contributed by atoms with E-state index < -0.39 is 0 Å². The van der Waals surface area contributed by atoms with Crippen molar-refractivity contribution in [1.82, 2.24) is 5.32 Å². The molecular weight excluding hydrogens is 158 g/mol. The van der Waals surface area contributed by atoms with Gasteiger partial charge in [0.25, 0.3) is 0 Å². The predicted molar refractivity (Wildman–Crippen MR) is 50.2 cm³/mol. The van der Waals surface area contributed by atoms with Crippen molar-refractivity contribution in [2.24, 2.45) is 5.92 Å². The maximum absolute atomic E-state index is 3.52. The fourth-order valence-corrected chi connectivity index (χ4v) is 2.25. The fourth-order valence-electron chi connectivity index (χ4n) is 2.25. The summed E-state index contributed by atoms with van der Waals surface area (Å²) in [5, 5.41) is 3.52. The van der Waals surface area contributed by atoms with Crippen LogP contribution in [0.1, 0.15) is 38.5 Å². The molecule has 2 rings (SSSR count). The fraction of sp³-hybridized carbons (Fsp3) is 1.00. The Kier molecular flexibility index (Phi) is 3.67. The quantitative estimate of drug-likeness (QED) is 0.645. The summed E-state index contributed by atoms with van der Waals surface area (Å²) in [5.41, 5.74) is 0. The van der Waals surface area contributed by atoms with Gasteiger partial charge >= 0.3 is 0 Å². The molecule has 1 aliphatic heterocycles. The second-order valence-electron chi connectivity index (χ2n) is 3.75. The second kappa shape index (κ2) is 4.32. The van der Waals surface area contributed by atoms with Gasteiger partial charge in [0.05, 0.1) is 0 Å². The van der Waals surface area contributed by atoms with E-state index in [1.807, 2.05) is 0 Å². The number of hydrogen-bond donors (Lipinski definition) is 1. The van der Waals surface area contributed by atoms with Gasteiger partial charge in [-0.2, -0.15) is 0 Å². The average Bonchev–Trinajstić information content (AvgIpc) is 1.86. The molecule has 1 atom stereocenters. The summed E-state index contributed by atoms with van der Waals surface area (Å²) in [6.07, 6.45) is 8.91. The highest BCUT2D eigenvalue weighted by molar-refractivity contribution is 5.85. The first-order chi connectivity index (χ1) is 4.97. The Morgan fingerprint density at radius 2 is 1.55 bits per heavy atom. The first-order valence-corrected chi connectivity index (χ1v) is 4.70. The molecule has 0 spiro atoms. The van der Waals surface area contributed by atoms with Crippen LogP contribution >= 0.6 is 12.4 Å². The molecule has 2 fully saturated rings. The van der Waals surface area contributed by atoms with Gasteiger partial charge in [-0.3, -0.25) is 0 Å². The Morgan fingerprint density at radius 3 is 2.00 bits per heavy atom. The lowest BCUT2D eigenvalue weighted by atomic mass is 9.80. The topological polar surface area (TPSA) is 12.0 Å². The molecule has 1 nitrogen and oxygen atoms in total. The van der Waals surface area contributed by atoms with E-state index in [2.05, 4.69) is 5.32 Å². The van der Waals surface area contributed by atoms with E-state index in [1.54, 1.807) is 0 Å². The van der Waals surface area contributed by atoms with Gasteiger partial charge in [0.1, 0.15) is 0 Å². The molecule has 2 aliphatic rings. The molecule has 0 aromatic rings. The molecule has 1 saturated heterocycles. The minimum atomic E-state index is 0. The highest BCUT2D eigenvalue weighted by Crippen LogP contribution is 2.29. The molecule has 1 aliphatic carbocycles. The summed E-state index contributed by atoms with van der Waals surface area (Å²) in [5.74, 6) is 1.04. The Hall–Kier alpha value is 0.250. The van der Waals surface area contributed by atoms with E-state index in [-0.39, 0.29) is 12.4 Å². The predicted octanol–water partition coefficient (Wildman–Crippen LogP) is 2.35. The highest BCUT2D eigenvalue weighted by atomic mass is 35.5. The number of nitrogens with one attached hydrogen (secondary N) is 1. The van der Waals surface area contributed by atoms with Gasteiger partial charge in [-0.05, 0) is 31.7 Å². The maximum Gasteiger partial charge on any atom is 0.0107 e.